The number of para-hydroxylation sites is 1. The lowest BCUT2D eigenvalue weighted by atomic mass is 10.2. The van der Waals surface area contributed by atoms with Crippen LogP contribution in [0.5, 0.6) is 5.75 Å². The van der Waals surface area contributed by atoms with Gasteiger partial charge in [-0.25, -0.2) is 0 Å². The Morgan fingerprint density at radius 3 is 2.07 bits per heavy atom. The van der Waals surface area contributed by atoms with Crippen molar-refractivity contribution < 1.29 is 8.85 Å². The molecule has 0 atom stereocenters. The Morgan fingerprint density at radius 1 is 1.07 bits per heavy atom. The summed E-state index contributed by atoms with van der Waals surface area (Å²) in [5.74, 6) is 0.624. The minimum Gasteiger partial charge on any atom is -0.499 e. The van der Waals surface area contributed by atoms with Crippen molar-refractivity contribution in [2.75, 3.05) is 0 Å². The average molecular weight is 265 g/mol. The number of halogens is 2. The van der Waals surface area contributed by atoms with Gasteiger partial charge in [-0.3, -0.25) is 0 Å². The molecule has 0 unspecified atom stereocenters. The van der Waals surface area contributed by atoms with E-state index in [9.17, 15) is 0 Å². The Morgan fingerprint density at radius 2 is 1.60 bits per heavy atom. The first-order chi connectivity index (χ1) is 6.79. The average Bonchev–Trinajstić information content (AvgIpc) is 1.99. The summed E-state index contributed by atoms with van der Waals surface area (Å²) < 4.78 is 10.9. The third-order valence-corrected chi connectivity index (χ3v) is 3.65. The molecule has 0 aliphatic rings. The number of benzene rings is 1. The van der Waals surface area contributed by atoms with E-state index < -0.39 is 12.8 Å². The summed E-state index contributed by atoms with van der Waals surface area (Å²) in [5.41, 5.74) is -0.412. The quantitative estimate of drug-likeness (QED) is 0.611. The summed E-state index contributed by atoms with van der Waals surface area (Å²) in [6.07, 6.45) is 0. The number of hydrogen-bond acceptors (Lipinski definition) is 2. The highest BCUT2D eigenvalue weighted by Gasteiger charge is 2.41. The molecule has 1 aromatic carbocycles. The van der Waals surface area contributed by atoms with E-state index in [1.165, 1.54) is 0 Å². The Labute approximate surface area is 101 Å². The van der Waals surface area contributed by atoms with Crippen molar-refractivity contribution in [3.05, 3.63) is 30.3 Å². The molecule has 0 amide bonds. The van der Waals surface area contributed by atoms with E-state index in [0.717, 1.165) is 0 Å². The summed E-state index contributed by atoms with van der Waals surface area (Å²) >= 11 is 12.0. The Bertz CT molecular complexity index is 309. The van der Waals surface area contributed by atoms with Crippen LogP contribution in [0.4, 0.5) is 0 Å². The molecule has 0 radical (unpaired) electrons. The molecule has 0 aromatic heterocycles. The van der Waals surface area contributed by atoms with Gasteiger partial charge < -0.3 is 8.85 Å². The van der Waals surface area contributed by atoms with Gasteiger partial charge in [0, 0.05) is 0 Å². The van der Waals surface area contributed by atoms with Crippen molar-refractivity contribution in [2.24, 2.45) is 0 Å². The monoisotopic (exact) mass is 264 g/mol. The molecule has 0 saturated heterocycles. The second kappa shape index (κ2) is 4.74. The predicted molar refractivity (Wildman–Crippen MR) is 65.4 cm³/mol. The van der Waals surface area contributed by atoms with Crippen molar-refractivity contribution in [3.63, 3.8) is 0 Å². The third kappa shape index (κ3) is 5.42. The van der Waals surface area contributed by atoms with Gasteiger partial charge in [0.15, 0.2) is 0 Å². The van der Waals surface area contributed by atoms with Gasteiger partial charge in [-0.2, -0.15) is 0 Å². The van der Waals surface area contributed by atoms with Crippen LogP contribution in [0.3, 0.4) is 0 Å². The molecule has 2 nitrogen and oxygen atoms in total. The second-order valence-corrected chi connectivity index (χ2v) is 8.99. The topological polar surface area (TPSA) is 18.5 Å². The van der Waals surface area contributed by atoms with Gasteiger partial charge in [-0.05, 0) is 32.9 Å². The lowest BCUT2D eigenvalue weighted by Crippen LogP contribution is -2.40. The molecule has 0 spiro atoms. The standard InChI is InChI=1S/C10H14Cl2O2Si/c1-10(2,3)14-15(11,12)13-9-7-5-4-6-8-9/h4-8H,1-3H3. The van der Waals surface area contributed by atoms with Gasteiger partial charge in [0.25, 0.3) is 0 Å². The van der Waals surface area contributed by atoms with Crippen LogP contribution in [0.2, 0.25) is 0 Å². The molecule has 0 heterocycles. The normalized spacial score (nSPS) is 12.6. The van der Waals surface area contributed by atoms with Crippen molar-refractivity contribution >= 4 is 29.3 Å². The first-order valence-corrected chi connectivity index (χ1v) is 8.45. The first-order valence-electron chi connectivity index (χ1n) is 4.61. The van der Waals surface area contributed by atoms with Crippen LogP contribution in [0, 0.1) is 0 Å². The fourth-order valence-corrected chi connectivity index (χ4v) is 4.09. The molecule has 5 heteroatoms. The van der Waals surface area contributed by atoms with Crippen LogP contribution in [-0.2, 0) is 4.43 Å². The van der Waals surface area contributed by atoms with Crippen molar-refractivity contribution in [1.29, 1.82) is 0 Å². The van der Waals surface area contributed by atoms with E-state index >= 15 is 0 Å². The maximum Gasteiger partial charge on any atom is 0.616 e. The summed E-state index contributed by atoms with van der Waals surface area (Å²) in [6, 6.07) is 9.18. The van der Waals surface area contributed by atoms with Crippen LogP contribution in [0.15, 0.2) is 30.3 Å². The van der Waals surface area contributed by atoms with Crippen LogP contribution < -0.4 is 4.43 Å². The van der Waals surface area contributed by atoms with Crippen LogP contribution in [0.25, 0.3) is 0 Å². The van der Waals surface area contributed by atoms with Gasteiger partial charge >= 0.3 is 7.18 Å². The highest BCUT2D eigenvalue weighted by molar-refractivity contribution is 7.39. The van der Waals surface area contributed by atoms with E-state index in [1.807, 2.05) is 39.0 Å². The van der Waals surface area contributed by atoms with E-state index in [-0.39, 0.29) is 0 Å². The van der Waals surface area contributed by atoms with Crippen molar-refractivity contribution in [2.45, 2.75) is 26.4 Å². The molecule has 0 aliphatic carbocycles. The van der Waals surface area contributed by atoms with Crippen LogP contribution in [-0.4, -0.2) is 12.8 Å². The molecule has 0 fully saturated rings. The van der Waals surface area contributed by atoms with Crippen LogP contribution in [0.1, 0.15) is 20.8 Å². The molecule has 1 aromatic rings. The highest BCUT2D eigenvalue weighted by Crippen LogP contribution is 2.27. The molecule has 1 rings (SSSR count). The van der Waals surface area contributed by atoms with Crippen LogP contribution >= 0.6 is 22.2 Å². The number of hydrogen-bond donors (Lipinski definition) is 0. The summed E-state index contributed by atoms with van der Waals surface area (Å²) in [6.45, 7) is 5.65. The molecule has 15 heavy (non-hydrogen) atoms. The zero-order valence-corrected chi connectivity index (χ0v) is 11.5. The Kier molecular flexibility index (Phi) is 4.06. The fraction of sp³-hybridized carbons (Fsp3) is 0.400. The molecular weight excluding hydrogens is 251 g/mol. The molecule has 0 saturated carbocycles. The number of rotatable bonds is 3. The zero-order chi connectivity index (χ0) is 11.5. The minimum atomic E-state index is -3.14. The van der Waals surface area contributed by atoms with Gasteiger partial charge in [-0.1, -0.05) is 40.4 Å². The van der Waals surface area contributed by atoms with E-state index in [4.69, 9.17) is 31.0 Å². The van der Waals surface area contributed by atoms with Gasteiger partial charge in [0.05, 0.1) is 5.60 Å². The zero-order valence-electron chi connectivity index (χ0n) is 8.96. The molecule has 0 bridgehead atoms. The van der Waals surface area contributed by atoms with E-state index in [0.29, 0.717) is 5.75 Å². The largest absolute Gasteiger partial charge is 0.616 e. The molecule has 0 aliphatic heterocycles. The fourth-order valence-electron chi connectivity index (χ4n) is 1.00. The predicted octanol–water partition coefficient (Wildman–Crippen LogP) is 3.79. The minimum absolute atomic E-state index is 0.412. The lowest BCUT2D eigenvalue weighted by molar-refractivity contribution is 0.108. The Hall–Kier alpha value is -0.223. The maximum absolute atomic E-state index is 6.02. The summed E-state index contributed by atoms with van der Waals surface area (Å²) in [5, 5.41) is 0. The first kappa shape index (κ1) is 12.8. The second-order valence-electron chi connectivity index (χ2n) is 4.09. The third-order valence-electron chi connectivity index (χ3n) is 1.40. The molecule has 84 valence electrons. The summed E-state index contributed by atoms with van der Waals surface area (Å²) in [4.78, 5) is 0. The molecular formula is C10H14Cl2O2Si. The smallest absolute Gasteiger partial charge is 0.499 e. The van der Waals surface area contributed by atoms with Crippen molar-refractivity contribution in [3.8, 4) is 5.75 Å². The van der Waals surface area contributed by atoms with E-state index in [1.54, 1.807) is 12.1 Å². The Balaban J connectivity index is 2.65. The molecule has 0 N–H and O–H groups in total. The SMILES string of the molecule is CC(C)(C)O[Si](Cl)(Cl)Oc1ccccc1. The van der Waals surface area contributed by atoms with E-state index in [2.05, 4.69) is 0 Å². The van der Waals surface area contributed by atoms with Gasteiger partial charge in [-0.15, -0.1) is 0 Å². The van der Waals surface area contributed by atoms with Crippen molar-refractivity contribution in [1.82, 2.24) is 0 Å². The highest BCUT2D eigenvalue weighted by atomic mass is 35.7. The lowest BCUT2D eigenvalue weighted by Gasteiger charge is -2.27. The van der Waals surface area contributed by atoms with Gasteiger partial charge in [0.2, 0.25) is 0 Å². The van der Waals surface area contributed by atoms with Gasteiger partial charge in [0.1, 0.15) is 5.75 Å². The summed E-state index contributed by atoms with van der Waals surface area (Å²) in [7, 11) is -3.14. The maximum atomic E-state index is 6.02.